The Morgan fingerprint density at radius 2 is 2.45 bits per heavy atom. The maximum atomic E-state index is 11.3. The molecule has 2 aliphatic rings. The minimum absolute atomic E-state index is 0.113. The molecule has 0 aromatic carbocycles. The van der Waals surface area contributed by atoms with E-state index in [1.807, 2.05) is 0 Å². The standard InChI is InChI=1S/C14H20N2O3S/c1-14(6-3-7-19-14)8-15-13-16-11-9(12(17)18)4-2-5-10(11)20-13/h9H,2-8H2,1H3,(H,15,16)(H,17,18). The maximum Gasteiger partial charge on any atom is 0.312 e. The highest BCUT2D eigenvalue weighted by molar-refractivity contribution is 7.15. The third kappa shape index (κ3) is 2.67. The van der Waals surface area contributed by atoms with Crippen LogP contribution in [0.4, 0.5) is 5.13 Å². The molecule has 2 unspecified atom stereocenters. The first-order valence-electron chi connectivity index (χ1n) is 7.18. The number of hydrogen-bond donors (Lipinski definition) is 2. The summed E-state index contributed by atoms with van der Waals surface area (Å²) >= 11 is 1.60. The van der Waals surface area contributed by atoms with Crippen LogP contribution in [0.1, 0.15) is 49.1 Å². The van der Waals surface area contributed by atoms with E-state index >= 15 is 0 Å². The summed E-state index contributed by atoms with van der Waals surface area (Å²) in [5.41, 5.74) is 0.659. The van der Waals surface area contributed by atoms with Gasteiger partial charge in [0, 0.05) is 18.0 Å². The molecular weight excluding hydrogens is 276 g/mol. The molecule has 1 aliphatic carbocycles. The van der Waals surface area contributed by atoms with Crippen molar-refractivity contribution in [2.45, 2.75) is 50.5 Å². The van der Waals surface area contributed by atoms with Gasteiger partial charge in [0.2, 0.25) is 0 Å². The Morgan fingerprint density at radius 3 is 3.15 bits per heavy atom. The van der Waals surface area contributed by atoms with Gasteiger partial charge in [-0.15, -0.1) is 11.3 Å². The molecule has 1 fully saturated rings. The number of aromatic nitrogens is 1. The third-order valence-corrected chi connectivity index (χ3v) is 5.26. The summed E-state index contributed by atoms with van der Waals surface area (Å²) in [4.78, 5) is 16.9. The molecule has 6 heteroatoms. The second-order valence-corrected chi connectivity index (χ2v) is 6.95. The van der Waals surface area contributed by atoms with Crippen LogP contribution in [0, 0.1) is 0 Å². The Morgan fingerprint density at radius 1 is 1.60 bits per heavy atom. The smallest absolute Gasteiger partial charge is 0.312 e. The Hall–Kier alpha value is -1.14. The minimum Gasteiger partial charge on any atom is -0.481 e. The lowest BCUT2D eigenvalue weighted by Gasteiger charge is -2.23. The molecule has 1 aromatic heterocycles. The molecule has 0 saturated carbocycles. The average molecular weight is 296 g/mol. The van der Waals surface area contributed by atoms with Crippen LogP contribution >= 0.6 is 11.3 Å². The number of hydrogen-bond acceptors (Lipinski definition) is 5. The maximum absolute atomic E-state index is 11.3. The molecule has 2 N–H and O–H groups in total. The van der Waals surface area contributed by atoms with Crippen molar-refractivity contribution >= 4 is 22.4 Å². The van der Waals surface area contributed by atoms with Gasteiger partial charge in [0.05, 0.1) is 11.3 Å². The van der Waals surface area contributed by atoms with Crippen LogP contribution in [-0.2, 0) is 16.0 Å². The zero-order chi connectivity index (χ0) is 14.2. The number of aliphatic carboxylic acids is 1. The zero-order valence-electron chi connectivity index (χ0n) is 11.6. The summed E-state index contributed by atoms with van der Waals surface area (Å²) in [5, 5.41) is 13.4. The highest BCUT2D eigenvalue weighted by Crippen LogP contribution is 2.37. The van der Waals surface area contributed by atoms with E-state index in [1.165, 1.54) is 0 Å². The van der Waals surface area contributed by atoms with E-state index in [0.29, 0.717) is 6.42 Å². The summed E-state index contributed by atoms with van der Waals surface area (Å²) in [5.74, 6) is -1.18. The predicted octanol–water partition coefficient (Wildman–Crippen LogP) is 2.63. The van der Waals surface area contributed by atoms with Crippen LogP contribution in [0.5, 0.6) is 0 Å². The molecular formula is C14H20N2O3S. The van der Waals surface area contributed by atoms with Crippen molar-refractivity contribution in [2.24, 2.45) is 0 Å². The fraction of sp³-hybridized carbons (Fsp3) is 0.714. The second kappa shape index (κ2) is 5.33. The molecule has 1 aliphatic heterocycles. The number of fused-ring (bicyclic) bond motifs is 1. The summed E-state index contributed by atoms with van der Waals surface area (Å²) in [7, 11) is 0. The van der Waals surface area contributed by atoms with Crippen LogP contribution in [-0.4, -0.2) is 34.8 Å². The fourth-order valence-corrected chi connectivity index (χ4v) is 4.03. The van der Waals surface area contributed by atoms with E-state index in [-0.39, 0.29) is 5.60 Å². The predicted molar refractivity (Wildman–Crippen MR) is 77.5 cm³/mol. The molecule has 110 valence electrons. The largest absolute Gasteiger partial charge is 0.481 e. The van der Waals surface area contributed by atoms with Gasteiger partial charge in [-0.05, 0) is 39.0 Å². The quantitative estimate of drug-likeness (QED) is 0.893. The van der Waals surface area contributed by atoms with Crippen LogP contribution in [0.3, 0.4) is 0 Å². The van der Waals surface area contributed by atoms with Gasteiger partial charge in [0.25, 0.3) is 0 Å². The first kappa shape index (κ1) is 13.8. The van der Waals surface area contributed by atoms with E-state index in [9.17, 15) is 9.90 Å². The third-order valence-electron chi connectivity index (χ3n) is 4.17. The van der Waals surface area contributed by atoms with Crippen molar-refractivity contribution in [2.75, 3.05) is 18.5 Å². The van der Waals surface area contributed by atoms with E-state index < -0.39 is 11.9 Å². The lowest BCUT2D eigenvalue weighted by atomic mass is 9.91. The Kier molecular flexibility index (Phi) is 3.69. The van der Waals surface area contributed by atoms with E-state index in [4.69, 9.17) is 4.74 Å². The number of nitrogens with zero attached hydrogens (tertiary/aromatic N) is 1. The van der Waals surface area contributed by atoms with Gasteiger partial charge in [-0.2, -0.15) is 0 Å². The molecule has 2 atom stereocenters. The Labute approximate surface area is 122 Å². The minimum atomic E-state index is -0.756. The van der Waals surface area contributed by atoms with Crippen molar-refractivity contribution in [3.8, 4) is 0 Å². The van der Waals surface area contributed by atoms with Gasteiger partial charge in [0.15, 0.2) is 5.13 Å². The van der Waals surface area contributed by atoms with E-state index in [1.54, 1.807) is 11.3 Å². The molecule has 0 radical (unpaired) electrons. The van der Waals surface area contributed by atoms with Gasteiger partial charge < -0.3 is 15.2 Å². The number of rotatable bonds is 4. The summed E-state index contributed by atoms with van der Waals surface area (Å²) in [6.45, 7) is 3.67. The molecule has 2 heterocycles. The average Bonchev–Trinajstić information content (AvgIpc) is 3.02. The van der Waals surface area contributed by atoms with Gasteiger partial charge in [-0.25, -0.2) is 4.98 Å². The molecule has 5 nitrogen and oxygen atoms in total. The highest BCUT2D eigenvalue weighted by atomic mass is 32.1. The first-order chi connectivity index (χ1) is 9.57. The van der Waals surface area contributed by atoms with Crippen molar-refractivity contribution in [1.29, 1.82) is 0 Å². The molecule has 20 heavy (non-hydrogen) atoms. The zero-order valence-corrected chi connectivity index (χ0v) is 12.5. The number of anilines is 1. The number of carboxylic acid groups (broad SMARTS) is 1. The number of aryl methyl sites for hydroxylation is 1. The van der Waals surface area contributed by atoms with Crippen LogP contribution in [0.2, 0.25) is 0 Å². The van der Waals surface area contributed by atoms with Crippen LogP contribution < -0.4 is 5.32 Å². The van der Waals surface area contributed by atoms with Crippen molar-refractivity contribution < 1.29 is 14.6 Å². The van der Waals surface area contributed by atoms with Gasteiger partial charge >= 0.3 is 5.97 Å². The lowest BCUT2D eigenvalue weighted by molar-refractivity contribution is -0.139. The van der Waals surface area contributed by atoms with Crippen LogP contribution in [0.15, 0.2) is 0 Å². The van der Waals surface area contributed by atoms with E-state index in [2.05, 4.69) is 17.2 Å². The first-order valence-corrected chi connectivity index (χ1v) is 7.99. The molecule has 0 spiro atoms. The Balaban J connectivity index is 1.71. The number of carboxylic acids is 1. The highest BCUT2D eigenvalue weighted by Gasteiger charge is 2.32. The summed E-state index contributed by atoms with van der Waals surface area (Å²) in [6.07, 6.45) is 4.75. The number of ether oxygens (including phenoxy) is 1. The van der Waals surface area contributed by atoms with Crippen molar-refractivity contribution in [1.82, 2.24) is 4.98 Å². The van der Waals surface area contributed by atoms with Crippen molar-refractivity contribution in [3.05, 3.63) is 10.6 Å². The van der Waals surface area contributed by atoms with Gasteiger partial charge in [0.1, 0.15) is 5.92 Å². The van der Waals surface area contributed by atoms with Gasteiger partial charge in [-0.1, -0.05) is 0 Å². The summed E-state index contributed by atoms with van der Waals surface area (Å²) in [6, 6.07) is 0. The second-order valence-electron chi connectivity index (χ2n) is 5.87. The normalized spacial score (nSPS) is 29.1. The number of nitrogens with one attached hydrogen (secondary N) is 1. The summed E-state index contributed by atoms with van der Waals surface area (Å²) < 4.78 is 5.74. The fourth-order valence-electron chi connectivity index (χ4n) is 2.97. The van der Waals surface area contributed by atoms with Crippen molar-refractivity contribution in [3.63, 3.8) is 0 Å². The topological polar surface area (TPSA) is 71.5 Å². The monoisotopic (exact) mass is 296 g/mol. The molecule has 1 saturated heterocycles. The lowest BCUT2D eigenvalue weighted by Crippen LogP contribution is -2.32. The molecule has 0 bridgehead atoms. The SMILES string of the molecule is CC1(CNc2nc3c(s2)CCCC3C(=O)O)CCCO1. The molecule has 0 amide bonds. The Bertz CT molecular complexity index is 509. The van der Waals surface area contributed by atoms with Crippen LogP contribution in [0.25, 0.3) is 0 Å². The number of carbonyl (C=O) groups is 1. The number of thiazole rings is 1. The van der Waals surface area contributed by atoms with Gasteiger partial charge in [-0.3, -0.25) is 4.79 Å². The molecule has 1 aromatic rings. The molecule has 3 rings (SSSR count). The van der Waals surface area contributed by atoms with E-state index in [0.717, 1.165) is 54.5 Å².